The average Bonchev–Trinajstić information content (AvgIpc) is 2.17. The first-order valence-electron chi connectivity index (χ1n) is 2.13. The molecule has 2 rings (SSSR count). The summed E-state index contributed by atoms with van der Waals surface area (Å²) >= 11 is 0. The highest BCUT2D eigenvalue weighted by molar-refractivity contribution is 4.72. The van der Waals surface area contributed by atoms with Gasteiger partial charge in [0.25, 0.3) is 0 Å². The van der Waals surface area contributed by atoms with E-state index in [0.29, 0.717) is 6.35 Å². The van der Waals surface area contributed by atoms with Crippen molar-refractivity contribution in [2.75, 3.05) is 13.1 Å². The number of rotatable bonds is 0. The van der Waals surface area contributed by atoms with Crippen LogP contribution >= 0.6 is 0 Å². The van der Waals surface area contributed by atoms with Crippen LogP contribution in [0.25, 0.3) is 0 Å². The lowest BCUT2D eigenvalue weighted by Gasteiger charge is -1.84. The average molecular weight is 86.1 g/mol. The van der Waals surface area contributed by atoms with E-state index in [-0.39, 0.29) is 0 Å². The van der Waals surface area contributed by atoms with E-state index in [4.69, 9.17) is 4.84 Å². The van der Waals surface area contributed by atoms with Gasteiger partial charge >= 0.3 is 0 Å². The summed E-state index contributed by atoms with van der Waals surface area (Å²) in [6.07, 6.45) is 0.296. The van der Waals surface area contributed by atoms with Crippen LogP contribution in [0.4, 0.5) is 0 Å². The Hall–Kier alpha value is -0.120. The molecule has 2 heterocycles. The maximum atomic E-state index is 4.88. The SMILES string of the molecule is C1CN2OC2N1. The molecule has 2 unspecified atom stereocenters. The fourth-order valence-electron chi connectivity index (χ4n) is 0.708. The zero-order valence-electron chi connectivity index (χ0n) is 3.35. The van der Waals surface area contributed by atoms with Gasteiger partial charge in [-0.25, -0.2) is 0 Å². The van der Waals surface area contributed by atoms with Crippen molar-refractivity contribution in [2.24, 2.45) is 0 Å². The molecule has 0 spiro atoms. The lowest BCUT2D eigenvalue weighted by molar-refractivity contribution is 0.184. The second-order valence-electron chi connectivity index (χ2n) is 1.55. The molecule has 0 saturated carbocycles. The molecule has 0 aromatic rings. The van der Waals surface area contributed by atoms with Crippen molar-refractivity contribution in [3.63, 3.8) is 0 Å². The second kappa shape index (κ2) is 0.753. The third kappa shape index (κ3) is 0.228. The predicted molar refractivity (Wildman–Crippen MR) is 19.6 cm³/mol. The van der Waals surface area contributed by atoms with Gasteiger partial charge in [-0.05, 0) is 0 Å². The third-order valence-electron chi connectivity index (χ3n) is 1.10. The Labute approximate surface area is 35.8 Å². The molecule has 3 heteroatoms. The summed E-state index contributed by atoms with van der Waals surface area (Å²) < 4.78 is 0. The minimum Gasteiger partial charge on any atom is -0.275 e. The topological polar surface area (TPSA) is 27.6 Å². The smallest absolute Gasteiger partial charge is 0.207 e. The van der Waals surface area contributed by atoms with Gasteiger partial charge in [-0.3, -0.25) is 10.2 Å². The first kappa shape index (κ1) is 2.96. The maximum absolute atomic E-state index is 4.88. The number of hydroxylamine groups is 2. The molecule has 6 heavy (non-hydrogen) atoms. The van der Waals surface area contributed by atoms with Crippen molar-refractivity contribution in [3.8, 4) is 0 Å². The molecule has 2 atom stereocenters. The van der Waals surface area contributed by atoms with E-state index in [2.05, 4.69) is 5.32 Å². The monoisotopic (exact) mass is 86.0 g/mol. The van der Waals surface area contributed by atoms with Gasteiger partial charge in [0.2, 0.25) is 6.35 Å². The largest absolute Gasteiger partial charge is 0.275 e. The maximum Gasteiger partial charge on any atom is 0.207 e. The van der Waals surface area contributed by atoms with Gasteiger partial charge in [-0.2, -0.15) is 0 Å². The summed E-state index contributed by atoms with van der Waals surface area (Å²) in [6, 6.07) is 0. The van der Waals surface area contributed by atoms with Crippen molar-refractivity contribution in [1.29, 1.82) is 0 Å². The zero-order valence-corrected chi connectivity index (χ0v) is 3.35. The van der Waals surface area contributed by atoms with E-state index in [1.165, 1.54) is 0 Å². The summed E-state index contributed by atoms with van der Waals surface area (Å²) in [5, 5.41) is 5.01. The Balaban J connectivity index is 2.09. The van der Waals surface area contributed by atoms with E-state index >= 15 is 0 Å². The fourth-order valence-corrected chi connectivity index (χ4v) is 0.708. The van der Waals surface area contributed by atoms with Gasteiger partial charge in [-0.15, -0.1) is 5.06 Å². The molecular weight excluding hydrogens is 80.0 g/mol. The van der Waals surface area contributed by atoms with E-state index in [1.54, 1.807) is 0 Å². The van der Waals surface area contributed by atoms with E-state index in [0.717, 1.165) is 13.1 Å². The van der Waals surface area contributed by atoms with E-state index in [9.17, 15) is 0 Å². The molecule has 34 valence electrons. The van der Waals surface area contributed by atoms with Crippen molar-refractivity contribution in [3.05, 3.63) is 0 Å². The highest BCUT2D eigenvalue weighted by atomic mass is 16.9. The van der Waals surface area contributed by atoms with Crippen LogP contribution in [0, 0.1) is 0 Å². The first-order chi connectivity index (χ1) is 2.97. The van der Waals surface area contributed by atoms with Gasteiger partial charge in [0.15, 0.2) is 0 Å². The van der Waals surface area contributed by atoms with Crippen molar-refractivity contribution >= 4 is 0 Å². The summed E-state index contributed by atoms with van der Waals surface area (Å²) in [5.41, 5.74) is 0. The summed E-state index contributed by atoms with van der Waals surface area (Å²) in [7, 11) is 0. The Kier molecular flexibility index (Phi) is 0.371. The first-order valence-corrected chi connectivity index (χ1v) is 2.13. The molecular formula is C3H6N2O. The van der Waals surface area contributed by atoms with Crippen molar-refractivity contribution in [2.45, 2.75) is 6.35 Å². The van der Waals surface area contributed by atoms with Crippen LogP contribution in [-0.4, -0.2) is 24.5 Å². The summed E-state index contributed by atoms with van der Waals surface area (Å²) in [4.78, 5) is 4.88. The highest BCUT2D eigenvalue weighted by Gasteiger charge is 2.40. The quantitative estimate of drug-likeness (QED) is 0.388. The highest BCUT2D eigenvalue weighted by Crippen LogP contribution is 2.19. The molecule has 0 bridgehead atoms. The minimum atomic E-state index is 0.296. The van der Waals surface area contributed by atoms with Gasteiger partial charge in [0.05, 0.1) is 0 Å². The van der Waals surface area contributed by atoms with Crippen LogP contribution < -0.4 is 5.32 Å². The molecule has 0 amide bonds. The van der Waals surface area contributed by atoms with Gasteiger partial charge in [0.1, 0.15) is 0 Å². The second-order valence-corrected chi connectivity index (χ2v) is 1.55. The van der Waals surface area contributed by atoms with Crippen LogP contribution in [0.2, 0.25) is 0 Å². The number of hydrogen-bond donors (Lipinski definition) is 1. The van der Waals surface area contributed by atoms with Gasteiger partial charge in [-0.1, -0.05) is 0 Å². The molecule has 2 aliphatic rings. The molecule has 0 aliphatic carbocycles. The fraction of sp³-hybridized carbons (Fsp3) is 1.00. The Morgan fingerprint density at radius 1 is 1.83 bits per heavy atom. The molecule has 0 aromatic carbocycles. The van der Waals surface area contributed by atoms with Gasteiger partial charge in [0, 0.05) is 13.1 Å². The van der Waals surface area contributed by atoms with Crippen LogP contribution in [0.5, 0.6) is 0 Å². The lowest BCUT2D eigenvalue weighted by atomic mass is 10.7. The molecule has 1 N–H and O–H groups in total. The molecule has 0 aromatic heterocycles. The Morgan fingerprint density at radius 2 is 2.83 bits per heavy atom. The van der Waals surface area contributed by atoms with Crippen LogP contribution in [0.3, 0.4) is 0 Å². The van der Waals surface area contributed by atoms with Crippen LogP contribution in [0.15, 0.2) is 0 Å². The molecule has 2 saturated heterocycles. The summed E-state index contributed by atoms with van der Waals surface area (Å²) in [6.45, 7) is 2.15. The molecule has 3 nitrogen and oxygen atoms in total. The van der Waals surface area contributed by atoms with Crippen LogP contribution in [-0.2, 0) is 4.84 Å². The van der Waals surface area contributed by atoms with E-state index in [1.807, 2.05) is 5.06 Å². The van der Waals surface area contributed by atoms with Gasteiger partial charge < -0.3 is 0 Å². The number of nitrogens with one attached hydrogen (secondary N) is 1. The van der Waals surface area contributed by atoms with E-state index < -0.39 is 0 Å². The van der Waals surface area contributed by atoms with Crippen molar-refractivity contribution in [1.82, 2.24) is 10.4 Å². The standard InChI is InChI=1S/C3H6N2O/c1-2-5-3(4-1)6-5/h3-4H,1-2H2. The lowest BCUT2D eigenvalue weighted by Crippen LogP contribution is -2.12. The molecule has 2 fully saturated rings. The van der Waals surface area contributed by atoms with Crippen LogP contribution in [0.1, 0.15) is 0 Å². The number of nitrogens with zero attached hydrogens (tertiary/aromatic N) is 1. The predicted octanol–water partition coefficient (Wildman–Crippen LogP) is -0.880. The normalized spacial score (nSPS) is 52.0. The summed E-state index contributed by atoms with van der Waals surface area (Å²) in [5.74, 6) is 0. The Bertz CT molecular complexity index is 67.2. The third-order valence-corrected chi connectivity index (χ3v) is 1.10. The molecule has 2 aliphatic heterocycles. The number of hydrogen-bond acceptors (Lipinski definition) is 3. The Morgan fingerprint density at radius 3 is 3.00 bits per heavy atom. The van der Waals surface area contributed by atoms with Crippen molar-refractivity contribution < 1.29 is 4.84 Å². The zero-order chi connectivity index (χ0) is 3.98. The number of fused-ring (bicyclic) bond motifs is 1. The minimum absolute atomic E-state index is 0.296. The molecule has 0 radical (unpaired) electrons.